The summed E-state index contributed by atoms with van der Waals surface area (Å²) in [5, 5.41) is 2.70. The van der Waals surface area contributed by atoms with Crippen molar-refractivity contribution >= 4 is 11.8 Å². The van der Waals surface area contributed by atoms with Crippen molar-refractivity contribution in [3.8, 4) is 0 Å². The highest BCUT2D eigenvalue weighted by Gasteiger charge is 2.39. The molecule has 1 unspecified atom stereocenters. The van der Waals surface area contributed by atoms with Crippen LogP contribution >= 0.6 is 0 Å². The molecule has 132 valence electrons. The molecule has 1 N–H and O–H groups in total. The number of carbonyl (C=O) groups is 2. The van der Waals surface area contributed by atoms with Gasteiger partial charge in [-0.25, -0.2) is 4.39 Å². The van der Waals surface area contributed by atoms with Gasteiger partial charge < -0.3 is 19.7 Å². The molecule has 6 nitrogen and oxygen atoms in total. The van der Waals surface area contributed by atoms with Gasteiger partial charge in [0.2, 0.25) is 11.8 Å². The van der Waals surface area contributed by atoms with Gasteiger partial charge in [0.15, 0.2) is 0 Å². The van der Waals surface area contributed by atoms with Gasteiger partial charge in [0.05, 0.1) is 26.2 Å². The van der Waals surface area contributed by atoms with Crippen molar-refractivity contribution in [1.29, 1.82) is 0 Å². The third kappa shape index (κ3) is 4.75. The molecule has 7 heteroatoms. The highest BCUT2D eigenvalue weighted by Crippen LogP contribution is 2.23. The van der Waals surface area contributed by atoms with E-state index in [1.54, 1.807) is 23.1 Å². The Bertz CT molecular complexity index is 592. The number of methoxy groups -OCH3 is 1. The molecule has 0 saturated carbocycles. The Labute approximate surface area is 140 Å². The van der Waals surface area contributed by atoms with Gasteiger partial charge in [-0.3, -0.25) is 9.59 Å². The van der Waals surface area contributed by atoms with Gasteiger partial charge in [-0.1, -0.05) is 18.2 Å². The maximum Gasteiger partial charge on any atom is 0.223 e. The highest BCUT2D eigenvalue weighted by molar-refractivity contribution is 5.78. The number of carbonyl (C=O) groups excluding carboxylic acids is 2. The van der Waals surface area contributed by atoms with Crippen LogP contribution in [0.4, 0.5) is 4.39 Å². The van der Waals surface area contributed by atoms with E-state index in [0.29, 0.717) is 25.3 Å². The summed E-state index contributed by atoms with van der Waals surface area (Å²) in [6.07, 6.45) is 0.0407. The lowest BCUT2D eigenvalue weighted by Gasteiger charge is -2.41. The third-order valence-electron chi connectivity index (χ3n) is 4.02. The van der Waals surface area contributed by atoms with E-state index in [1.165, 1.54) is 20.1 Å². The van der Waals surface area contributed by atoms with Gasteiger partial charge in [-0.15, -0.1) is 0 Å². The van der Waals surface area contributed by atoms with Crippen LogP contribution in [0, 0.1) is 5.82 Å². The minimum atomic E-state index is -0.877. The van der Waals surface area contributed by atoms with Crippen molar-refractivity contribution in [3.63, 3.8) is 0 Å². The van der Waals surface area contributed by atoms with Crippen LogP contribution in [0.1, 0.15) is 18.9 Å². The van der Waals surface area contributed by atoms with Crippen LogP contribution in [0.3, 0.4) is 0 Å². The van der Waals surface area contributed by atoms with Crippen molar-refractivity contribution in [2.75, 3.05) is 33.4 Å². The predicted octanol–water partition coefficient (Wildman–Crippen LogP) is 1.10. The zero-order chi connectivity index (χ0) is 17.6. The van der Waals surface area contributed by atoms with Gasteiger partial charge in [0.1, 0.15) is 11.4 Å². The quantitative estimate of drug-likeness (QED) is 0.843. The smallest absolute Gasteiger partial charge is 0.223 e. The zero-order valence-corrected chi connectivity index (χ0v) is 14.0. The zero-order valence-electron chi connectivity index (χ0n) is 14.0. The Kier molecular flexibility index (Phi) is 6.28. The number of benzene rings is 1. The molecule has 1 saturated heterocycles. The van der Waals surface area contributed by atoms with Crippen LogP contribution in [0.2, 0.25) is 0 Å². The van der Waals surface area contributed by atoms with E-state index in [4.69, 9.17) is 9.47 Å². The first-order valence-electron chi connectivity index (χ1n) is 7.84. The van der Waals surface area contributed by atoms with E-state index in [-0.39, 0.29) is 37.2 Å². The van der Waals surface area contributed by atoms with Crippen LogP contribution in [-0.4, -0.2) is 55.7 Å². The summed E-state index contributed by atoms with van der Waals surface area (Å²) in [6, 6.07) is 6.28. The van der Waals surface area contributed by atoms with Gasteiger partial charge in [0.25, 0.3) is 0 Å². The standard InChI is InChI=1S/C17H23FN2O4/c1-13(21)20-7-8-24-17(11-20,12-23-2)9-16(22)19-10-14-5-3-4-6-15(14)18/h3-6H,7-12H2,1-2H3,(H,19,22). The molecule has 1 fully saturated rings. The fraction of sp³-hybridized carbons (Fsp3) is 0.529. The Morgan fingerprint density at radius 3 is 2.83 bits per heavy atom. The summed E-state index contributed by atoms with van der Waals surface area (Å²) in [5.74, 6) is -0.702. The van der Waals surface area contributed by atoms with Crippen LogP contribution in [0.15, 0.2) is 24.3 Å². The molecule has 2 rings (SSSR count). The number of amides is 2. The summed E-state index contributed by atoms with van der Waals surface area (Å²) >= 11 is 0. The monoisotopic (exact) mass is 338 g/mol. The van der Waals surface area contributed by atoms with Gasteiger partial charge in [0, 0.05) is 32.7 Å². The van der Waals surface area contributed by atoms with Gasteiger partial charge in [-0.2, -0.15) is 0 Å². The normalized spacial score (nSPS) is 20.7. The lowest BCUT2D eigenvalue weighted by Crippen LogP contribution is -2.57. The Morgan fingerprint density at radius 1 is 1.42 bits per heavy atom. The van der Waals surface area contributed by atoms with Crippen molar-refractivity contribution in [1.82, 2.24) is 10.2 Å². The highest BCUT2D eigenvalue weighted by atomic mass is 19.1. The molecule has 2 amide bonds. The average Bonchev–Trinajstić information content (AvgIpc) is 2.54. The van der Waals surface area contributed by atoms with Crippen LogP contribution in [-0.2, 0) is 25.6 Å². The number of hydrogen-bond acceptors (Lipinski definition) is 4. The van der Waals surface area contributed by atoms with E-state index in [2.05, 4.69) is 5.32 Å². The Hall–Kier alpha value is -1.99. The second-order valence-corrected chi connectivity index (χ2v) is 5.95. The van der Waals surface area contributed by atoms with Crippen LogP contribution in [0.25, 0.3) is 0 Å². The first-order chi connectivity index (χ1) is 11.5. The maximum atomic E-state index is 13.6. The summed E-state index contributed by atoms with van der Waals surface area (Å²) in [4.78, 5) is 25.5. The molecular formula is C17H23FN2O4. The summed E-state index contributed by atoms with van der Waals surface area (Å²) in [7, 11) is 1.52. The fourth-order valence-corrected chi connectivity index (χ4v) is 2.81. The maximum absolute atomic E-state index is 13.6. The van der Waals surface area contributed by atoms with E-state index in [0.717, 1.165) is 0 Å². The third-order valence-corrected chi connectivity index (χ3v) is 4.02. The van der Waals surface area contributed by atoms with Crippen LogP contribution < -0.4 is 5.32 Å². The Balaban J connectivity index is 1.98. The largest absolute Gasteiger partial charge is 0.382 e. The molecule has 1 atom stereocenters. The first-order valence-corrected chi connectivity index (χ1v) is 7.84. The summed E-state index contributed by atoms with van der Waals surface area (Å²) in [6.45, 7) is 2.93. The van der Waals surface area contributed by atoms with E-state index in [1.807, 2.05) is 0 Å². The summed E-state index contributed by atoms with van der Waals surface area (Å²) < 4.78 is 24.6. The molecule has 1 heterocycles. The van der Waals surface area contributed by atoms with E-state index in [9.17, 15) is 14.0 Å². The van der Waals surface area contributed by atoms with Crippen molar-refractivity contribution in [2.24, 2.45) is 0 Å². The minimum absolute atomic E-state index is 0.0407. The minimum Gasteiger partial charge on any atom is -0.382 e. The lowest BCUT2D eigenvalue weighted by atomic mass is 9.97. The number of halogens is 1. The lowest BCUT2D eigenvalue weighted by molar-refractivity contribution is -0.165. The molecule has 0 bridgehead atoms. The number of ether oxygens (including phenoxy) is 2. The predicted molar refractivity (Wildman–Crippen MR) is 85.7 cm³/mol. The number of nitrogens with one attached hydrogen (secondary N) is 1. The molecule has 0 spiro atoms. The Morgan fingerprint density at radius 2 is 2.17 bits per heavy atom. The average molecular weight is 338 g/mol. The molecule has 0 radical (unpaired) electrons. The topological polar surface area (TPSA) is 67.9 Å². The molecule has 1 aliphatic heterocycles. The molecule has 1 aromatic rings. The van der Waals surface area contributed by atoms with Crippen molar-refractivity contribution < 1.29 is 23.5 Å². The number of nitrogens with zero attached hydrogens (tertiary/aromatic N) is 1. The van der Waals surface area contributed by atoms with Gasteiger partial charge >= 0.3 is 0 Å². The number of hydrogen-bond donors (Lipinski definition) is 1. The first kappa shape index (κ1) is 18.4. The SMILES string of the molecule is COCC1(CC(=O)NCc2ccccc2F)CN(C(C)=O)CCO1. The second-order valence-electron chi connectivity index (χ2n) is 5.95. The fourth-order valence-electron chi connectivity index (χ4n) is 2.81. The molecule has 0 aromatic heterocycles. The molecule has 0 aliphatic carbocycles. The summed E-state index contributed by atoms with van der Waals surface area (Å²) in [5.41, 5.74) is -0.459. The van der Waals surface area contributed by atoms with Crippen molar-refractivity contribution in [2.45, 2.75) is 25.5 Å². The molecule has 1 aliphatic rings. The molecular weight excluding hydrogens is 315 g/mol. The van der Waals surface area contributed by atoms with Crippen LogP contribution in [0.5, 0.6) is 0 Å². The molecule has 24 heavy (non-hydrogen) atoms. The molecule has 1 aromatic carbocycles. The van der Waals surface area contributed by atoms with Gasteiger partial charge in [-0.05, 0) is 6.07 Å². The van der Waals surface area contributed by atoms with E-state index < -0.39 is 5.60 Å². The number of morpholine rings is 1. The van der Waals surface area contributed by atoms with Crippen molar-refractivity contribution in [3.05, 3.63) is 35.6 Å². The van der Waals surface area contributed by atoms with E-state index >= 15 is 0 Å². The second kappa shape index (κ2) is 8.21. The number of rotatable bonds is 6.